The molecule has 1 aromatic heterocycles. The number of rotatable bonds is 7. The molecule has 0 saturated carbocycles. The van der Waals surface area contributed by atoms with Crippen molar-refractivity contribution in [3.8, 4) is 11.4 Å². The molecule has 6 heteroatoms. The summed E-state index contributed by atoms with van der Waals surface area (Å²) in [6.07, 6.45) is 2.75. The van der Waals surface area contributed by atoms with E-state index in [1.165, 1.54) is 5.56 Å². The number of nitrogens with zero attached hydrogens (tertiary/aromatic N) is 2. The quantitative estimate of drug-likeness (QED) is 0.675. The van der Waals surface area contributed by atoms with Crippen LogP contribution in [0.4, 0.5) is 0 Å². The van der Waals surface area contributed by atoms with E-state index in [1.807, 2.05) is 55.6 Å². The fraction of sp³-hybridized carbons (Fsp3) is 0.250. The van der Waals surface area contributed by atoms with Gasteiger partial charge in [-0.15, -0.1) is 0 Å². The highest BCUT2D eigenvalue weighted by atomic mass is 32.2. The van der Waals surface area contributed by atoms with E-state index in [2.05, 4.69) is 15.5 Å². The minimum atomic E-state index is -0.318. The van der Waals surface area contributed by atoms with Gasteiger partial charge in [-0.25, -0.2) is 0 Å². The van der Waals surface area contributed by atoms with Gasteiger partial charge in [-0.05, 0) is 37.5 Å². The standard InChI is InChI=1S/C20H21N3O2S/c1-14-8-10-15(11-9-14)18-22-20(25-23-18)17(12-13-26-2)21-19(24)16-6-4-3-5-7-16/h3-11,17H,12-13H2,1-2H3,(H,21,24). The summed E-state index contributed by atoms with van der Waals surface area (Å²) >= 11 is 1.71. The van der Waals surface area contributed by atoms with Crippen molar-refractivity contribution in [2.24, 2.45) is 0 Å². The number of aromatic nitrogens is 2. The van der Waals surface area contributed by atoms with E-state index in [4.69, 9.17) is 4.52 Å². The van der Waals surface area contributed by atoms with Crippen LogP contribution in [0.2, 0.25) is 0 Å². The fourth-order valence-electron chi connectivity index (χ4n) is 2.52. The van der Waals surface area contributed by atoms with E-state index < -0.39 is 0 Å². The molecule has 0 spiro atoms. The first-order valence-electron chi connectivity index (χ1n) is 8.43. The van der Waals surface area contributed by atoms with E-state index in [0.717, 1.165) is 17.7 Å². The molecule has 5 nitrogen and oxygen atoms in total. The van der Waals surface area contributed by atoms with Crippen LogP contribution in [-0.4, -0.2) is 28.1 Å². The third kappa shape index (κ3) is 4.52. The summed E-state index contributed by atoms with van der Waals surface area (Å²) in [5, 5.41) is 7.09. The summed E-state index contributed by atoms with van der Waals surface area (Å²) in [6.45, 7) is 2.03. The Morgan fingerprint density at radius 3 is 2.58 bits per heavy atom. The molecule has 134 valence electrons. The zero-order valence-corrected chi connectivity index (χ0v) is 15.6. The molecule has 2 aromatic carbocycles. The molecule has 1 unspecified atom stereocenters. The summed E-state index contributed by atoms with van der Waals surface area (Å²) in [4.78, 5) is 17.0. The lowest BCUT2D eigenvalue weighted by Crippen LogP contribution is -2.29. The highest BCUT2D eigenvalue weighted by Crippen LogP contribution is 2.22. The van der Waals surface area contributed by atoms with Crippen molar-refractivity contribution in [3.05, 3.63) is 71.6 Å². The Bertz CT molecular complexity index is 847. The van der Waals surface area contributed by atoms with E-state index >= 15 is 0 Å². The molecule has 1 amide bonds. The van der Waals surface area contributed by atoms with Crippen molar-refractivity contribution in [1.82, 2.24) is 15.5 Å². The molecule has 0 bridgehead atoms. The first kappa shape index (κ1) is 18.2. The lowest BCUT2D eigenvalue weighted by molar-refractivity contribution is 0.0927. The zero-order chi connectivity index (χ0) is 18.4. The van der Waals surface area contributed by atoms with Crippen molar-refractivity contribution in [2.75, 3.05) is 12.0 Å². The highest BCUT2D eigenvalue weighted by molar-refractivity contribution is 7.98. The van der Waals surface area contributed by atoms with Gasteiger partial charge in [0.2, 0.25) is 11.7 Å². The third-order valence-corrected chi connectivity index (χ3v) is 4.65. The van der Waals surface area contributed by atoms with Crippen LogP contribution in [0.25, 0.3) is 11.4 Å². The van der Waals surface area contributed by atoms with Crippen LogP contribution in [0.5, 0.6) is 0 Å². The van der Waals surface area contributed by atoms with Crippen LogP contribution in [0.15, 0.2) is 59.1 Å². The maximum absolute atomic E-state index is 12.5. The van der Waals surface area contributed by atoms with Gasteiger partial charge >= 0.3 is 0 Å². The maximum atomic E-state index is 12.5. The van der Waals surface area contributed by atoms with Crippen LogP contribution in [-0.2, 0) is 0 Å². The van der Waals surface area contributed by atoms with Crippen molar-refractivity contribution < 1.29 is 9.32 Å². The van der Waals surface area contributed by atoms with Crippen molar-refractivity contribution in [1.29, 1.82) is 0 Å². The molecule has 0 fully saturated rings. The highest BCUT2D eigenvalue weighted by Gasteiger charge is 2.22. The molecule has 1 heterocycles. The van der Waals surface area contributed by atoms with Gasteiger partial charge in [0.15, 0.2) is 0 Å². The van der Waals surface area contributed by atoms with Crippen LogP contribution in [0, 0.1) is 6.92 Å². The maximum Gasteiger partial charge on any atom is 0.251 e. The molecule has 3 rings (SSSR count). The van der Waals surface area contributed by atoms with Gasteiger partial charge in [0, 0.05) is 11.1 Å². The smallest absolute Gasteiger partial charge is 0.251 e. The number of benzene rings is 2. The number of thioether (sulfide) groups is 1. The third-order valence-electron chi connectivity index (χ3n) is 4.00. The molecule has 0 radical (unpaired) electrons. The van der Waals surface area contributed by atoms with Crippen LogP contribution >= 0.6 is 11.8 Å². The summed E-state index contributed by atoms with van der Waals surface area (Å²) in [5.74, 6) is 1.69. The van der Waals surface area contributed by atoms with Gasteiger partial charge in [-0.2, -0.15) is 16.7 Å². The number of carbonyl (C=O) groups is 1. The average Bonchev–Trinajstić information content (AvgIpc) is 3.16. The summed E-state index contributed by atoms with van der Waals surface area (Å²) in [7, 11) is 0. The first-order valence-corrected chi connectivity index (χ1v) is 9.82. The van der Waals surface area contributed by atoms with Gasteiger partial charge in [-0.3, -0.25) is 4.79 Å². The molecule has 1 N–H and O–H groups in total. The molecule has 26 heavy (non-hydrogen) atoms. The minimum Gasteiger partial charge on any atom is -0.340 e. The molecule has 0 saturated heterocycles. The predicted octanol–water partition coefficient (Wildman–Crippen LogP) is 4.27. The Labute approximate surface area is 157 Å². The van der Waals surface area contributed by atoms with Crippen molar-refractivity contribution >= 4 is 17.7 Å². The monoisotopic (exact) mass is 367 g/mol. The minimum absolute atomic E-state index is 0.146. The second-order valence-electron chi connectivity index (χ2n) is 6.00. The SMILES string of the molecule is CSCCC(NC(=O)c1ccccc1)c1nc(-c2ccc(C)cc2)no1. The van der Waals surface area contributed by atoms with Crippen LogP contribution in [0.1, 0.15) is 34.3 Å². The predicted molar refractivity (Wildman–Crippen MR) is 104 cm³/mol. The summed E-state index contributed by atoms with van der Waals surface area (Å²) < 4.78 is 5.46. The molecule has 3 aromatic rings. The molecule has 0 aliphatic rings. The fourth-order valence-corrected chi connectivity index (χ4v) is 2.99. The molecule has 0 aliphatic carbocycles. The van der Waals surface area contributed by atoms with Gasteiger partial charge in [0.25, 0.3) is 5.91 Å². The molecular weight excluding hydrogens is 346 g/mol. The molecular formula is C20H21N3O2S. The number of nitrogens with one attached hydrogen (secondary N) is 1. The number of amides is 1. The van der Waals surface area contributed by atoms with E-state index in [1.54, 1.807) is 23.9 Å². The van der Waals surface area contributed by atoms with Crippen LogP contribution in [0.3, 0.4) is 0 Å². The van der Waals surface area contributed by atoms with Crippen LogP contribution < -0.4 is 5.32 Å². The topological polar surface area (TPSA) is 68.0 Å². The van der Waals surface area contributed by atoms with Gasteiger partial charge in [0.1, 0.15) is 6.04 Å². The zero-order valence-electron chi connectivity index (χ0n) is 14.8. The Balaban J connectivity index is 1.79. The van der Waals surface area contributed by atoms with Crippen molar-refractivity contribution in [3.63, 3.8) is 0 Å². The Kier molecular flexibility index (Phi) is 6.07. The second-order valence-corrected chi connectivity index (χ2v) is 6.98. The Morgan fingerprint density at radius 1 is 1.15 bits per heavy atom. The summed E-state index contributed by atoms with van der Waals surface area (Å²) in [6, 6.07) is 16.8. The molecule has 0 aliphatic heterocycles. The van der Waals surface area contributed by atoms with E-state index in [9.17, 15) is 4.79 Å². The second kappa shape index (κ2) is 8.67. The van der Waals surface area contributed by atoms with E-state index in [-0.39, 0.29) is 11.9 Å². The molecule has 1 atom stereocenters. The number of hydrogen-bond acceptors (Lipinski definition) is 5. The lowest BCUT2D eigenvalue weighted by atomic mass is 10.1. The Morgan fingerprint density at radius 2 is 1.88 bits per heavy atom. The lowest BCUT2D eigenvalue weighted by Gasteiger charge is -2.14. The van der Waals surface area contributed by atoms with Crippen molar-refractivity contribution in [2.45, 2.75) is 19.4 Å². The number of aryl methyl sites for hydroxylation is 1. The van der Waals surface area contributed by atoms with Gasteiger partial charge in [0.05, 0.1) is 0 Å². The normalized spacial score (nSPS) is 11.9. The number of hydrogen-bond donors (Lipinski definition) is 1. The van der Waals surface area contributed by atoms with Gasteiger partial charge in [-0.1, -0.05) is 53.2 Å². The van der Waals surface area contributed by atoms with Gasteiger partial charge < -0.3 is 9.84 Å². The Hall–Kier alpha value is -2.60. The summed E-state index contributed by atoms with van der Waals surface area (Å²) in [5.41, 5.74) is 2.67. The van der Waals surface area contributed by atoms with E-state index in [0.29, 0.717) is 17.3 Å². The first-order chi connectivity index (χ1) is 12.7. The largest absolute Gasteiger partial charge is 0.340 e. The number of carbonyl (C=O) groups excluding carboxylic acids is 1. The average molecular weight is 367 g/mol.